The molecule has 256 valence electrons. The third-order valence-electron chi connectivity index (χ3n) is 6.98. The minimum Gasteiger partial charge on any atom is -0.481 e. The molecule has 10 atom stereocenters. The first-order valence-electron chi connectivity index (χ1n) is 15.2. The number of nitrogens with two attached hydrogens (primary N) is 1. The Balaban J connectivity index is 2.68. The summed E-state index contributed by atoms with van der Waals surface area (Å²) in [6.07, 6.45) is -5.00. The highest BCUT2D eigenvalue weighted by Gasteiger charge is 2.35. The molecule has 44 heavy (non-hydrogen) atoms. The van der Waals surface area contributed by atoms with Gasteiger partial charge in [0.15, 0.2) is 18.7 Å². The summed E-state index contributed by atoms with van der Waals surface area (Å²) in [6.45, 7) is 10.0. The van der Waals surface area contributed by atoms with Gasteiger partial charge in [-0.1, -0.05) is 13.8 Å². The Labute approximate surface area is 259 Å². The van der Waals surface area contributed by atoms with Crippen LogP contribution in [-0.4, -0.2) is 108 Å². The molecule has 1 aliphatic rings. The fraction of sp³-hybridized carbons (Fsp3) is 0.862. The van der Waals surface area contributed by atoms with Crippen molar-refractivity contribution in [1.82, 2.24) is 5.32 Å². The lowest BCUT2D eigenvalue weighted by Crippen LogP contribution is -2.48. The largest absolute Gasteiger partial charge is 0.481 e. The molecule has 1 rings (SSSR count). The Morgan fingerprint density at radius 1 is 0.977 bits per heavy atom. The summed E-state index contributed by atoms with van der Waals surface area (Å²) in [4.78, 5) is 46.9. The summed E-state index contributed by atoms with van der Waals surface area (Å²) in [5, 5.41) is 31.3. The molecule has 0 aromatic carbocycles. The molecule has 0 aromatic heterocycles. The van der Waals surface area contributed by atoms with Crippen LogP contribution >= 0.6 is 0 Å². The lowest BCUT2D eigenvalue weighted by atomic mass is 10.0. The van der Waals surface area contributed by atoms with E-state index in [4.69, 9.17) is 39.3 Å². The molecule has 0 aliphatic carbocycles. The summed E-state index contributed by atoms with van der Waals surface area (Å²) in [6, 6.07) is -0.758. The van der Waals surface area contributed by atoms with Gasteiger partial charge >= 0.3 is 23.9 Å². The average molecular weight is 637 g/mol. The van der Waals surface area contributed by atoms with Crippen LogP contribution in [0.2, 0.25) is 0 Å². The van der Waals surface area contributed by atoms with Crippen molar-refractivity contribution in [3.05, 3.63) is 0 Å². The first-order chi connectivity index (χ1) is 20.6. The first kappa shape index (κ1) is 39.5. The molecular formula is C29H52N2O13. The third-order valence-corrected chi connectivity index (χ3v) is 6.98. The molecule has 15 heteroatoms. The van der Waals surface area contributed by atoms with Crippen molar-refractivity contribution in [2.24, 2.45) is 11.7 Å². The normalized spacial score (nSPS) is 24.3. The van der Waals surface area contributed by atoms with Gasteiger partial charge in [-0.15, -0.1) is 0 Å². The second kappa shape index (κ2) is 20.5. The van der Waals surface area contributed by atoms with Gasteiger partial charge in [-0.25, -0.2) is 4.79 Å². The molecule has 1 aliphatic heterocycles. The second-order valence-electron chi connectivity index (χ2n) is 11.3. The summed E-state index contributed by atoms with van der Waals surface area (Å²) >= 11 is 0. The van der Waals surface area contributed by atoms with Crippen LogP contribution in [0, 0.1) is 5.92 Å². The molecule has 0 aromatic rings. The Bertz CT molecular complexity index is 891. The molecule has 0 bridgehead atoms. The zero-order valence-corrected chi connectivity index (χ0v) is 26.6. The number of aliphatic hydroxyl groups excluding tert-OH is 2. The van der Waals surface area contributed by atoms with Crippen molar-refractivity contribution in [2.45, 2.75) is 142 Å². The number of urea groups is 1. The maximum absolute atomic E-state index is 12.8. The predicted octanol–water partition coefficient (Wildman–Crippen LogP) is 1.59. The standard InChI is InChI=1S/C29H52N2O13/c1-7-23(44-25(36)10-8-9-17(3)40-27-22(33)13-21(32)20(6)43-27)28(41-18(4)11-12-24(34)35)42-19(5)15-39-26(37)16(2)14-31-29(30)38/h16-23,27-28,32-33H,7-15H2,1-6H3,(H,34,35)(H3,30,31,38)/t16-,17-,18-,19?,20?,21-,22+,23+,27-,28-/m1/s1. The van der Waals surface area contributed by atoms with Gasteiger partial charge in [0.2, 0.25) is 0 Å². The Kier molecular flexibility index (Phi) is 18.4. The zero-order chi connectivity index (χ0) is 33.4. The second-order valence-corrected chi connectivity index (χ2v) is 11.3. The molecule has 2 unspecified atom stereocenters. The highest BCUT2D eigenvalue weighted by atomic mass is 16.7. The van der Waals surface area contributed by atoms with Crippen LogP contribution in [-0.2, 0) is 42.8 Å². The number of carbonyl (C=O) groups excluding carboxylic acids is 3. The van der Waals surface area contributed by atoms with E-state index in [2.05, 4.69) is 5.32 Å². The molecule has 0 radical (unpaired) electrons. The van der Waals surface area contributed by atoms with E-state index in [9.17, 15) is 29.4 Å². The van der Waals surface area contributed by atoms with Crippen molar-refractivity contribution in [3.63, 3.8) is 0 Å². The molecule has 15 nitrogen and oxygen atoms in total. The number of esters is 2. The lowest BCUT2D eigenvalue weighted by Gasteiger charge is -2.36. The van der Waals surface area contributed by atoms with Crippen molar-refractivity contribution < 1.29 is 62.9 Å². The lowest BCUT2D eigenvalue weighted by molar-refractivity contribution is -0.273. The molecule has 0 saturated carbocycles. The minimum atomic E-state index is -1.07. The maximum Gasteiger partial charge on any atom is 0.312 e. The van der Waals surface area contributed by atoms with E-state index in [0.717, 1.165) is 0 Å². The number of hydrogen-bond acceptors (Lipinski definition) is 12. The zero-order valence-electron chi connectivity index (χ0n) is 26.6. The van der Waals surface area contributed by atoms with Crippen molar-refractivity contribution in [3.8, 4) is 0 Å². The highest BCUT2D eigenvalue weighted by molar-refractivity contribution is 5.75. The van der Waals surface area contributed by atoms with Gasteiger partial charge in [-0.2, -0.15) is 0 Å². The number of amides is 2. The number of nitrogens with one attached hydrogen (secondary N) is 1. The van der Waals surface area contributed by atoms with Gasteiger partial charge < -0.3 is 54.8 Å². The third kappa shape index (κ3) is 16.0. The van der Waals surface area contributed by atoms with Crippen LogP contribution < -0.4 is 11.1 Å². The number of rotatable bonds is 21. The summed E-state index contributed by atoms with van der Waals surface area (Å²) in [5.41, 5.74) is 5.03. The SMILES string of the molecule is CC[C@H](OC(=O)CCC[C@@H](C)O[C@@H]1OC(C)[C@H](O)C[C@@H]1O)[C@@H](OC(C)COC(=O)[C@H](C)CNC(N)=O)O[C@H](C)CCC(=O)O. The van der Waals surface area contributed by atoms with E-state index >= 15 is 0 Å². The van der Waals surface area contributed by atoms with Crippen LogP contribution in [0.1, 0.15) is 86.5 Å². The monoisotopic (exact) mass is 636 g/mol. The number of aliphatic hydroxyl groups is 2. The minimum absolute atomic E-state index is 0.00858. The van der Waals surface area contributed by atoms with Crippen LogP contribution in [0.5, 0.6) is 0 Å². The predicted molar refractivity (Wildman–Crippen MR) is 155 cm³/mol. The topological polar surface area (TPSA) is 222 Å². The first-order valence-corrected chi connectivity index (χ1v) is 15.2. The van der Waals surface area contributed by atoms with E-state index in [-0.39, 0.29) is 44.9 Å². The summed E-state index contributed by atoms with van der Waals surface area (Å²) < 4.78 is 34.2. The molecule has 1 fully saturated rings. The molecule has 6 N–H and O–H groups in total. The number of hydrogen-bond donors (Lipinski definition) is 5. The summed E-state index contributed by atoms with van der Waals surface area (Å²) in [5.74, 6) is -2.70. The molecule has 1 heterocycles. The van der Waals surface area contributed by atoms with E-state index in [1.54, 1.807) is 41.5 Å². The smallest absolute Gasteiger partial charge is 0.312 e. The van der Waals surface area contributed by atoms with Crippen molar-refractivity contribution in [1.29, 1.82) is 0 Å². The average Bonchev–Trinajstić information content (AvgIpc) is 2.94. The Hall–Kier alpha value is -2.56. The van der Waals surface area contributed by atoms with Crippen LogP contribution in [0.15, 0.2) is 0 Å². The van der Waals surface area contributed by atoms with Crippen molar-refractivity contribution in [2.75, 3.05) is 13.2 Å². The van der Waals surface area contributed by atoms with Gasteiger partial charge in [-0.05, 0) is 53.4 Å². The number of carbonyl (C=O) groups is 4. The summed E-state index contributed by atoms with van der Waals surface area (Å²) in [7, 11) is 0. The number of aliphatic carboxylic acids is 1. The highest BCUT2D eigenvalue weighted by Crippen LogP contribution is 2.23. The Morgan fingerprint density at radius 2 is 1.64 bits per heavy atom. The maximum atomic E-state index is 12.8. The van der Waals surface area contributed by atoms with Crippen LogP contribution in [0.3, 0.4) is 0 Å². The van der Waals surface area contributed by atoms with E-state index in [1.807, 2.05) is 0 Å². The number of carboxylic acids is 1. The van der Waals surface area contributed by atoms with E-state index < -0.39 is 79.1 Å². The van der Waals surface area contributed by atoms with E-state index in [1.165, 1.54) is 0 Å². The fourth-order valence-corrected chi connectivity index (χ4v) is 4.23. The van der Waals surface area contributed by atoms with Gasteiger partial charge in [-0.3, -0.25) is 14.4 Å². The molecule has 0 spiro atoms. The fourth-order valence-electron chi connectivity index (χ4n) is 4.23. The van der Waals surface area contributed by atoms with Gasteiger partial charge in [0, 0.05) is 25.8 Å². The number of ether oxygens (including phenoxy) is 6. The van der Waals surface area contributed by atoms with Crippen LogP contribution in [0.4, 0.5) is 4.79 Å². The molecule has 2 amide bonds. The van der Waals surface area contributed by atoms with Crippen molar-refractivity contribution >= 4 is 23.9 Å². The van der Waals surface area contributed by atoms with Gasteiger partial charge in [0.25, 0.3) is 0 Å². The quantitative estimate of drug-likeness (QED) is 0.0893. The Morgan fingerprint density at radius 3 is 2.25 bits per heavy atom. The van der Waals surface area contributed by atoms with E-state index in [0.29, 0.717) is 19.3 Å². The molecular weight excluding hydrogens is 584 g/mol. The van der Waals surface area contributed by atoms with Crippen LogP contribution in [0.25, 0.3) is 0 Å². The van der Waals surface area contributed by atoms with Gasteiger partial charge in [0.05, 0.1) is 36.4 Å². The van der Waals surface area contributed by atoms with Gasteiger partial charge in [0.1, 0.15) is 12.7 Å². The molecule has 1 saturated heterocycles. The number of carboxylic acid groups (broad SMARTS) is 1. The number of primary amides is 1.